The summed E-state index contributed by atoms with van der Waals surface area (Å²) in [5.41, 5.74) is 0.282. The second-order valence-electron chi connectivity index (χ2n) is 5.46. The highest BCUT2D eigenvalue weighted by molar-refractivity contribution is 5.77. The number of nitrogens with zero attached hydrogens (tertiary/aromatic N) is 1. The Morgan fingerprint density at radius 3 is 2.35 bits per heavy atom. The molecule has 0 radical (unpaired) electrons. The largest absolute Gasteiger partial charge is 0.426 e. The maximum absolute atomic E-state index is 13.5. The predicted molar refractivity (Wildman–Crippen MR) is 74.8 cm³/mol. The maximum Gasteiger partial charge on any atom is 0.312 e. The molecule has 1 atom stereocenters. The highest BCUT2D eigenvalue weighted by Gasteiger charge is 2.33. The lowest BCUT2D eigenvalue weighted by molar-refractivity contribution is -0.135. The van der Waals surface area contributed by atoms with E-state index in [4.69, 9.17) is 4.74 Å². The molecule has 7 heteroatoms. The Kier molecular flexibility index (Phi) is 3.50. The first-order chi connectivity index (χ1) is 10.8. The summed E-state index contributed by atoms with van der Waals surface area (Å²) >= 11 is 0. The van der Waals surface area contributed by atoms with Crippen molar-refractivity contribution in [2.45, 2.75) is 19.3 Å². The van der Waals surface area contributed by atoms with E-state index in [0.29, 0.717) is 5.69 Å². The molecule has 0 fully saturated rings. The van der Waals surface area contributed by atoms with Gasteiger partial charge in [0.15, 0.2) is 17.5 Å². The monoisotopic (exact) mass is 323 g/mol. The van der Waals surface area contributed by atoms with Crippen LogP contribution in [0.4, 0.5) is 13.2 Å². The van der Waals surface area contributed by atoms with Gasteiger partial charge in [-0.05, 0) is 24.6 Å². The van der Waals surface area contributed by atoms with Crippen LogP contribution in [0.1, 0.15) is 29.2 Å². The van der Waals surface area contributed by atoms with Gasteiger partial charge in [0, 0.05) is 24.7 Å². The molecular formula is C16H12F3NO3. The van der Waals surface area contributed by atoms with Crippen LogP contribution < -0.4 is 10.3 Å². The fourth-order valence-corrected chi connectivity index (χ4v) is 2.71. The summed E-state index contributed by atoms with van der Waals surface area (Å²) in [6, 6.07) is 3.10. The lowest BCUT2D eigenvalue weighted by Crippen LogP contribution is -2.32. The van der Waals surface area contributed by atoms with Crippen LogP contribution in [-0.2, 0) is 11.8 Å². The third-order valence-corrected chi connectivity index (χ3v) is 4.02. The van der Waals surface area contributed by atoms with E-state index in [-0.39, 0.29) is 23.3 Å². The van der Waals surface area contributed by atoms with Gasteiger partial charge in [-0.2, -0.15) is 0 Å². The average molecular weight is 323 g/mol. The smallest absolute Gasteiger partial charge is 0.312 e. The highest BCUT2D eigenvalue weighted by Crippen LogP contribution is 2.37. The molecule has 1 aromatic carbocycles. The lowest BCUT2D eigenvalue weighted by atomic mass is 9.86. The minimum absolute atomic E-state index is 0.0141. The molecule has 0 amide bonds. The number of carbonyl (C=O) groups excluding carboxylic acids is 1. The molecule has 0 saturated heterocycles. The summed E-state index contributed by atoms with van der Waals surface area (Å²) in [4.78, 5) is 24.2. The van der Waals surface area contributed by atoms with E-state index in [0.717, 1.165) is 12.1 Å². The van der Waals surface area contributed by atoms with Gasteiger partial charge in [-0.3, -0.25) is 9.59 Å². The van der Waals surface area contributed by atoms with Gasteiger partial charge >= 0.3 is 5.97 Å². The number of aryl methyl sites for hydroxylation is 1. The van der Waals surface area contributed by atoms with E-state index in [9.17, 15) is 22.8 Å². The highest BCUT2D eigenvalue weighted by atomic mass is 19.2. The van der Waals surface area contributed by atoms with Crippen molar-refractivity contribution >= 4 is 5.97 Å². The first-order valence-electron chi connectivity index (χ1n) is 6.85. The van der Waals surface area contributed by atoms with Crippen LogP contribution >= 0.6 is 0 Å². The maximum atomic E-state index is 13.5. The van der Waals surface area contributed by atoms with E-state index in [2.05, 4.69) is 0 Å². The Morgan fingerprint density at radius 2 is 1.74 bits per heavy atom. The molecule has 2 heterocycles. The molecule has 23 heavy (non-hydrogen) atoms. The van der Waals surface area contributed by atoms with Gasteiger partial charge in [-0.1, -0.05) is 0 Å². The number of esters is 1. The number of pyridine rings is 1. The number of fused-ring (bicyclic) bond motifs is 1. The van der Waals surface area contributed by atoms with Gasteiger partial charge in [0.1, 0.15) is 5.75 Å². The molecule has 1 aliphatic heterocycles. The van der Waals surface area contributed by atoms with Gasteiger partial charge in [0.2, 0.25) is 0 Å². The molecular weight excluding hydrogens is 311 g/mol. The SMILES string of the molecule is Cc1cc2c(c(=O)n1C)[C@@H](c1cc(F)c(F)c(F)c1)CC(=O)O2. The van der Waals surface area contributed by atoms with Gasteiger partial charge < -0.3 is 9.30 Å². The normalized spacial score (nSPS) is 16.9. The first-order valence-corrected chi connectivity index (χ1v) is 6.85. The van der Waals surface area contributed by atoms with Crippen LogP contribution in [-0.4, -0.2) is 10.5 Å². The second-order valence-corrected chi connectivity index (χ2v) is 5.46. The number of benzene rings is 1. The molecule has 2 aromatic rings. The lowest BCUT2D eigenvalue weighted by Gasteiger charge is -2.25. The quantitative estimate of drug-likeness (QED) is 0.599. The van der Waals surface area contributed by atoms with E-state index in [1.807, 2.05) is 0 Å². The average Bonchev–Trinajstić information content (AvgIpc) is 2.49. The number of halogens is 3. The topological polar surface area (TPSA) is 48.3 Å². The van der Waals surface area contributed by atoms with E-state index >= 15 is 0 Å². The third kappa shape index (κ3) is 2.42. The molecule has 0 unspecified atom stereocenters. The summed E-state index contributed by atoms with van der Waals surface area (Å²) in [5, 5.41) is 0. The van der Waals surface area contributed by atoms with Crippen molar-refractivity contribution in [3.8, 4) is 5.75 Å². The third-order valence-electron chi connectivity index (χ3n) is 4.02. The van der Waals surface area contributed by atoms with Crippen LogP contribution in [0.15, 0.2) is 23.0 Å². The van der Waals surface area contributed by atoms with E-state index in [1.165, 1.54) is 17.7 Å². The van der Waals surface area contributed by atoms with Gasteiger partial charge in [-0.25, -0.2) is 13.2 Å². The minimum Gasteiger partial charge on any atom is -0.426 e. The number of carbonyl (C=O) groups is 1. The Morgan fingerprint density at radius 1 is 1.13 bits per heavy atom. The molecule has 1 aliphatic rings. The van der Waals surface area contributed by atoms with Crippen LogP contribution in [0.5, 0.6) is 5.75 Å². The van der Waals surface area contributed by atoms with Crippen LogP contribution in [0.25, 0.3) is 0 Å². The zero-order chi connectivity index (χ0) is 16.9. The number of rotatable bonds is 1. The molecule has 120 valence electrons. The van der Waals surface area contributed by atoms with E-state index in [1.54, 1.807) is 6.92 Å². The summed E-state index contributed by atoms with van der Waals surface area (Å²) in [6.07, 6.45) is -0.254. The fourth-order valence-electron chi connectivity index (χ4n) is 2.71. The zero-order valence-electron chi connectivity index (χ0n) is 12.3. The van der Waals surface area contributed by atoms with Crippen molar-refractivity contribution < 1.29 is 22.7 Å². The number of aromatic nitrogens is 1. The van der Waals surface area contributed by atoms with Crippen molar-refractivity contribution in [3.05, 3.63) is 62.8 Å². The van der Waals surface area contributed by atoms with Crippen molar-refractivity contribution in [2.75, 3.05) is 0 Å². The number of hydrogen-bond donors (Lipinski definition) is 0. The van der Waals surface area contributed by atoms with Crippen LogP contribution in [0.2, 0.25) is 0 Å². The molecule has 0 aliphatic carbocycles. The summed E-state index contributed by atoms with van der Waals surface area (Å²) in [7, 11) is 1.54. The van der Waals surface area contributed by atoms with Gasteiger partial charge in [0.05, 0.1) is 12.0 Å². The molecule has 0 bridgehead atoms. The molecule has 1 aromatic heterocycles. The predicted octanol–water partition coefficient (Wildman–Crippen LogP) is 2.55. The molecule has 0 saturated carbocycles. The van der Waals surface area contributed by atoms with Gasteiger partial charge in [-0.15, -0.1) is 0 Å². The summed E-state index contributed by atoms with van der Waals surface area (Å²) in [6.45, 7) is 1.66. The van der Waals surface area contributed by atoms with Crippen LogP contribution in [0, 0.1) is 24.4 Å². The van der Waals surface area contributed by atoms with Crippen molar-refractivity contribution in [2.24, 2.45) is 7.05 Å². The molecule has 0 N–H and O–H groups in total. The van der Waals surface area contributed by atoms with Crippen molar-refractivity contribution in [3.63, 3.8) is 0 Å². The minimum atomic E-state index is -1.59. The van der Waals surface area contributed by atoms with Crippen molar-refractivity contribution in [1.29, 1.82) is 0 Å². The number of ether oxygens (including phenoxy) is 1. The van der Waals surface area contributed by atoms with Crippen LogP contribution in [0.3, 0.4) is 0 Å². The van der Waals surface area contributed by atoms with E-state index < -0.39 is 34.9 Å². The Balaban J connectivity index is 2.26. The molecule has 3 rings (SSSR count). The second kappa shape index (κ2) is 5.26. The fraction of sp³-hybridized carbons (Fsp3) is 0.250. The standard InChI is InChI=1S/C16H12F3NO3/c1-7-3-12-14(16(22)20(7)2)9(6-13(21)23-12)8-4-10(17)15(19)11(18)5-8/h3-5,9H,6H2,1-2H3/t9-/m1/s1. The van der Waals surface area contributed by atoms with Gasteiger partial charge in [0.25, 0.3) is 5.56 Å². The summed E-state index contributed by atoms with van der Waals surface area (Å²) in [5.74, 6) is -5.79. The zero-order valence-corrected chi connectivity index (χ0v) is 12.3. The first kappa shape index (κ1) is 15.3. The molecule has 4 nitrogen and oxygen atoms in total. The Labute approximate surface area is 129 Å². The molecule has 0 spiro atoms. The summed E-state index contributed by atoms with van der Waals surface area (Å²) < 4.78 is 46.6. The Bertz CT molecular complexity index is 866. The number of hydrogen-bond acceptors (Lipinski definition) is 3. The van der Waals surface area contributed by atoms with Crippen molar-refractivity contribution in [1.82, 2.24) is 4.57 Å². The Hall–Kier alpha value is -2.57.